The Morgan fingerprint density at radius 2 is 1.81 bits per heavy atom. The molecule has 0 N–H and O–H groups in total. The van der Waals surface area contributed by atoms with E-state index in [-0.39, 0.29) is 17.6 Å². The molecule has 2 aromatic carbocycles. The second-order valence-electron chi connectivity index (χ2n) is 6.71. The number of methoxy groups -OCH3 is 1. The average molecular weight is 391 g/mol. The number of rotatable bonds is 8. The van der Waals surface area contributed by atoms with Gasteiger partial charge in [-0.05, 0) is 35.7 Å². The summed E-state index contributed by atoms with van der Waals surface area (Å²) in [7, 11) is -2.07. The van der Waals surface area contributed by atoms with E-state index in [2.05, 4.69) is 0 Å². The van der Waals surface area contributed by atoms with E-state index in [4.69, 9.17) is 8.92 Å². The molecule has 0 aliphatic carbocycles. The van der Waals surface area contributed by atoms with Gasteiger partial charge in [0, 0.05) is 13.1 Å². The van der Waals surface area contributed by atoms with Gasteiger partial charge in [-0.25, -0.2) is 0 Å². The fourth-order valence-corrected chi connectivity index (χ4v) is 3.20. The molecule has 2 rings (SSSR count). The predicted octanol–water partition coefficient (Wildman–Crippen LogP) is 3.33. The minimum atomic E-state index is -3.61. The third-order valence-electron chi connectivity index (χ3n) is 3.73. The van der Waals surface area contributed by atoms with Crippen LogP contribution in [0.2, 0.25) is 0 Å². The number of hydrogen-bond acceptors (Lipinski definition) is 5. The van der Waals surface area contributed by atoms with Crippen LogP contribution in [0.15, 0.2) is 48.5 Å². The molecule has 0 fully saturated rings. The van der Waals surface area contributed by atoms with Crippen molar-refractivity contribution in [2.75, 3.05) is 19.9 Å². The van der Waals surface area contributed by atoms with Crippen LogP contribution in [-0.2, 0) is 16.7 Å². The van der Waals surface area contributed by atoms with E-state index in [1.165, 1.54) is 7.11 Å². The molecule has 0 saturated heterocycles. The number of nitrogens with zero attached hydrogens (tertiary/aromatic N) is 1. The van der Waals surface area contributed by atoms with Crippen LogP contribution in [0.5, 0.6) is 11.5 Å². The second kappa shape index (κ2) is 8.90. The Balaban J connectivity index is 2.29. The number of para-hydroxylation sites is 1. The van der Waals surface area contributed by atoms with E-state index < -0.39 is 10.1 Å². The van der Waals surface area contributed by atoms with Crippen LogP contribution in [-0.4, -0.2) is 39.1 Å². The van der Waals surface area contributed by atoms with Crippen molar-refractivity contribution in [3.05, 3.63) is 59.7 Å². The fraction of sp³-hybridized carbons (Fsp3) is 0.350. The highest BCUT2D eigenvalue weighted by molar-refractivity contribution is 7.86. The lowest BCUT2D eigenvalue weighted by Gasteiger charge is -2.25. The molecule has 2 aromatic rings. The quantitative estimate of drug-likeness (QED) is 0.646. The molecule has 7 heteroatoms. The monoisotopic (exact) mass is 391 g/mol. The van der Waals surface area contributed by atoms with Gasteiger partial charge in [0.1, 0.15) is 11.5 Å². The fourth-order valence-electron chi connectivity index (χ4n) is 2.74. The highest BCUT2D eigenvalue weighted by atomic mass is 32.2. The molecule has 0 bridgehead atoms. The highest BCUT2D eigenvalue weighted by Gasteiger charge is 2.21. The zero-order chi connectivity index (χ0) is 20.0. The summed E-state index contributed by atoms with van der Waals surface area (Å²) in [5.41, 5.74) is 1.27. The smallest absolute Gasteiger partial charge is 0.306 e. The van der Waals surface area contributed by atoms with Gasteiger partial charge >= 0.3 is 10.1 Å². The number of carbonyl (C=O) groups excluding carboxylic acids is 1. The van der Waals surface area contributed by atoms with Gasteiger partial charge in [0.25, 0.3) is 5.91 Å². The van der Waals surface area contributed by atoms with Crippen LogP contribution in [0.3, 0.4) is 0 Å². The van der Waals surface area contributed by atoms with Crippen molar-refractivity contribution in [3.8, 4) is 11.5 Å². The van der Waals surface area contributed by atoms with Crippen molar-refractivity contribution in [3.63, 3.8) is 0 Å². The van der Waals surface area contributed by atoms with Crippen molar-refractivity contribution >= 4 is 16.0 Å². The molecule has 0 heterocycles. The van der Waals surface area contributed by atoms with Crippen molar-refractivity contribution < 1.29 is 22.1 Å². The molecular weight excluding hydrogens is 366 g/mol. The number of ether oxygens (including phenoxy) is 1. The molecule has 6 nitrogen and oxygen atoms in total. The van der Waals surface area contributed by atoms with Gasteiger partial charge in [-0.3, -0.25) is 4.79 Å². The predicted molar refractivity (Wildman–Crippen MR) is 104 cm³/mol. The number of benzene rings is 2. The maximum atomic E-state index is 13.1. The van der Waals surface area contributed by atoms with Gasteiger partial charge in [0.2, 0.25) is 0 Å². The lowest BCUT2D eigenvalue weighted by molar-refractivity contribution is 0.0719. The molecule has 0 radical (unpaired) electrons. The Labute approximate surface area is 160 Å². The Morgan fingerprint density at radius 3 is 2.44 bits per heavy atom. The third kappa shape index (κ3) is 6.29. The van der Waals surface area contributed by atoms with Crippen molar-refractivity contribution in [2.45, 2.75) is 20.4 Å². The number of carbonyl (C=O) groups is 1. The van der Waals surface area contributed by atoms with E-state index in [0.29, 0.717) is 24.4 Å². The molecule has 0 aliphatic rings. The standard InChI is InChI=1S/C20H25NO5S/c1-15(2)13-21(20(22)18-10-5-6-11-19(18)25-3)14-16-8-7-9-17(12-16)26-27(4,23)24/h5-12,15H,13-14H2,1-4H3. The summed E-state index contributed by atoms with van der Waals surface area (Å²) in [6, 6.07) is 13.8. The molecule has 146 valence electrons. The van der Waals surface area contributed by atoms with E-state index in [1.807, 2.05) is 26.0 Å². The first kappa shape index (κ1) is 20.8. The summed E-state index contributed by atoms with van der Waals surface area (Å²) in [6.45, 7) is 4.95. The van der Waals surface area contributed by atoms with Crippen molar-refractivity contribution in [1.29, 1.82) is 0 Å². The zero-order valence-corrected chi connectivity index (χ0v) is 16.8. The minimum Gasteiger partial charge on any atom is -0.496 e. The maximum absolute atomic E-state index is 13.1. The minimum absolute atomic E-state index is 0.143. The molecular formula is C20H25NO5S. The lowest BCUT2D eigenvalue weighted by Crippen LogP contribution is -2.34. The summed E-state index contributed by atoms with van der Waals surface area (Å²) < 4.78 is 32.9. The molecule has 0 spiro atoms. The largest absolute Gasteiger partial charge is 0.496 e. The first-order chi connectivity index (χ1) is 12.7. The third-order valence-corrected chi connectivity index (χ3v) is 4.22. The van der Waals surface area contributed by atoms with E-state index in [9.17, 15) is 13.2 Å². The number of amides is 1. The van der Waals surface area contributed by atoms with Gasteiger partial charge in [0.15, 0.2) is 0 Å². The first-order valence-corrected chi connectivity index (χ1v) is 10.4. The van der Waals surface area contributed by atoms with Crippen LogP contribution in [0, 0.1) is 5.92 Å². The molecule has 0 aliphatic heterocycles. The molecule has 1 amide bonds. The molecule has 27 heavy (non-hydrogen) atoms. The van der Waals surface area contributed by atoms with Crippen LogP contribution in [0.1, 0.15) is 29.8 Å². The van der Waals surface area contributed by atoms with Crippen LogP contribution in [0.25, 0.3) is 0 Å². The molecule has 0 saturated carbocycles. The summed E-state index contributed by atoms with van der Waals surface area (Å²) >= 11 is 0. The second-order valence-corrected chi connectivity index (χ2v) is 8.29. The Bertz CT molecular complexity index is 893. The van der Waals surface area contributed by atoms with E-state index in [1.54, 1.807) is 41.3 Å². The van der Waals surface area contributed by atoms with Gasteiger partial charge in [-0.2, -0.15) is 8.42 Å². The first-order valence-electron chi connectivity index (χ1n) is 8.60. The Kier molecular flexibility index (Phi) is 6.85. The van der Waals surface area contributed by atoms with Crippen molar-refractivity contribution in [1.82, 2.24) is 4.90 Å². The zero-order valence-electron chi connectivity index (χ0n) is 16.0. The summed E-state index contributed by atoms with van der Waals surface area (Å²) in [5.74, 6) is 0.865. The summed E-state index contributed by atoms with van der Waals surface area (Å²) in [5, 5.41) is 0. The maximum Gasteiger partial charge on any atom is 0.306 e. The molecule has 0 unspecified atom stereocenters. The van der Waals surface area contributed by atoms with E-state index >= 15 is 0 Å². The SMILES string of the molecule is COc1ccccc1C(=O)N(Cc1cccc(OS(C)(=O)=O)c1)CC(C)C. The normalized spacial score (nSPS) is 11.3. The van der Waals surface area contributed by atoms with Crippen LogP contribution < -0.4 is 8.92 Å². The van der Waals surface area contributed by atoms with Gasteiger partial charge < -0.3 is 13.8 Å². The average Bonchev–Trinajstić information content (AvgIpc) is 2.59. The van der Waals surface area contributed by atoms with E-state index in [0.717, 1.165) is 11.8 Å². The Hall–Kier alpha value is -2.54. The van der Waals surface area contributed by atoms with Gasteiger partial charge in [-0.1, -0.05) is 38.1 Å². The molecule has 0 atom stereocenters. The van der Waals surface area contributed by atoms with Crippen molar-refractivity contribution in [2.24, 2.45) is 5.92 Å². The molecule has 0 aromatic heterocycles. The van der Waals surface area contributed by atoms with Gasteiger partial charge in [0.05, 0.1) is 18.9 Å². The highest BCUT2D eigenvalue weighted by Crippen LogP contribution is 2.22. The lowest BCUT2D eigenvalue weighted by atomic mass is 10.1. The van der Waals surface area contributed by atoms with Crippen LogP contribution in [0.4, 0.5) is 0 Å². The Morgan fingerprint density at radius 1 is 1.11 bits per heavy atom. The van der Waals surface area contributed by atoms with Crippen LogP contribution >= 0.6 is 0 Å². The summed E-state index contributed by atoms with van der Waals surface area (Å²) in [6.07, 6.45) is 0.996. The topological polar surface area (TPSA) is 72.9 Å². The summed E-state index contributed by atoms with van der Waals surface area (Å²) in [4.78, 5) is 14.8. The van der Waals surface area contributed by atoms with Gasteiger partial charge in [-0.15, -0.1) is 0 Å². The number of hydrogen-bond donors (Lipinski definition) is 0.